The van der Waals surface area contributed by atoms with Crippen molar-refractivity contribution in [2.24, 2.45) is 0 Å². The van der Waals surface area contributed by atoms with Gasteiger partial charge in [-0.1, -0.05) is 34.9 Å². The van der Waals surface area contributed by atoms with Crippen LogP contribution in [0.3, 0.4) is 0 Å². The van der Waals surface area contributed by atoms with Crippen molar-refractivity contribution in [2.45, 2.75) is 59.4 Å². The predicted octanol–water partition coefficient (Wildman–Crippen LogP) is 5.49. The summed E-state index contributed by atoms with van der Waals surface area (Å²) in [5.41, 5.74) is 4.16. The molecule has 0 fully saturated rings. The molecule has 0 radical (unpaired) electrons. The van der Waals surface area contributed by atoms with E-state index < -0.39 is 12.0 Å². The summed E-state index contributed by atoms with van der Waals surface area (Å²) in [6, 6.07) is 0.996. The Morgan fingerprint density at radius 2 is 1.68 bits per heavy atom. The molecule has 0 aromatic carbocycles. The molecular formula is C22H33N3O2S. The fraction of sp³-hybridized carbons (Fsp3) is 0.500. The number of carbonyl (C=O) groups is 1. The lowest BCUT2D eigenvalue weighted by molar-refractivity contribution is -0.137. The molecule has 0 unspecified atom stereocenters. The first-order chi connectivity index (χ1) is 13.4. The van der Waals surface area contributed by atoms with Crippen molar-refractivity contribution in [3.63, 3.8) is 0 Å². The van der Waals surface area contributed by atoms with Crippen molar-refractivity contribution in [3.05, 3.63) is 53.4 Å². The maximum absolute atomic E-state index is 11.4. The van der Waals surface area contributed by atoms with Crippen molar-refractivity contribution >= 4 is 23.7 Å². The molecule has 0 aliphatic carbocycles. The number of carboxylic acid groups (broad SMARTS) is 1. The van der Waals surface area contributed by atoms with E-state index in [-0.39, 0.29) is 0 Å². The van der Waals surface area contributed by atoms with Crippen molar-refractivity contribution < 1.29 is 9.90 Å². The Morgan fingerprint density at radius 1 is 1.07 bits per heavy atom. The van der Waals surface area contributed by atoms with Gasteiger partial charge >= 0.3 is 5.97 Å². The number of carboxylic acids is 1. The Morgan fingerprint density at radius 3 is 2.29 bits per heavy atom. The summed E-state index contributed by atoms with van der Waals surface area (Å²) in [5.74, 6) is 0.708. The number of aromatic nitrogens is 2. The molecule has 0 saturated carbocycles. The quantitative estimate of drug-likeness (QED) is 0.335. The molecule has 0 aliphatic heterocycles. The Bertz CT molecular complexity index is 680. The van der Waals surface area contributed by atoms with Crippen molar-refractivity contribution in [1.82, 2.24) is 9.97 Å². The number of aliphatic carboxylic acids is 1. The van der Waals surface area contributed by atoms with Crippen LogP contribution in [0.5, 0.6) is 0 Å². The van der Waals surface area contributed by atoms with Gasteiger partial charge in [0, 0.05) is 23.9 Å². The van der Waals surface area contributed by atoms with Gasteiger partial charge in [-0.25, -0.2) is 14.8 Å². The van der Waals surface area contributed by atoms with Gasteiger partial charge in [0.1, 0.15) is 6.04 Å². The zero-order chi connectivity index (χ0) is 20.8. The molecule has 0 spiro atoms. The number of allylic oxidation sites excluding steroid dienone is 5. The van der Waals surface area contributed by atoms with Crippen molar-refractivity contribution in [1.29, 1.82) is 0 Å². The molecule has 1 rings (SSSR count). The molecule has 1 atom stereocenters. The predicted molar refractivity (Wildman–Crippen MR) is 120 cm³/mol. The largest absolute Gasteiger partial charge is 0.480 e. The Balaban J connectivity index is 2.30. The van der Waals surface area contributed by atoms with Crippen molar-refractivity contribution in [3.8, 4) is 0 Å². The number of hydrogen-bond acceptors (Lipinski definition) is 5. The summed E-state index contributed by atoms with van der Waals surface area (Å²) in [6.07, 6.45) is 14.3. The lowest BCUT2D eigenvalue weighted by Gasteiger charge is -2.13. The third kappa shape index (κ3) is 11.6. The van der Waals surface area contributed by atoms with E-state index in [1.54, 1.807) is 30.2 Å². The van der Waals surface area contributed by atoms with Crippen LogP contribution in [-0.2, 0) is 4.79 Å². The van der Waals surface area contributed by atoms with Gasteiger partial charge in [-0.2, -0.15) is 11.8 Å². The summed E-state index contributed by atoms with van der Waals surface area (Å²) in [7, 11) is 0. The summed E-state index contributed by atoms with van der Waals surface area (Å²) in [6.45, 7) is 8.60. The molecule has 2 N–H and O–H groups in total. The van der Waals surface area contributed by atoms with Crippen LogP contribution >= 0.6 is 11.8 Å². The van der Waals surface area contributed by atoms with E-state index in [1.807, 2.05) is 0 Å². The van der Waals surface area contributed by atoms with Crippen LogP contribution < -0.4 is 5.32 Å². The van der Waals surface area contributed by atoms with E-state index in [1.165, 1.54) is 16.7 Å². The standard InChI is InChI=1S/C22H33N3O2S/c1-17(2)8-5-9-18(3)10-6-11-19(4)12-15-28-16-20(21(26)27)25-22-23-13-7-14-24-22/h7-8,10,12-14,20H,5-6,9,11,15-16H2,1-4H3,(H,26,27)(H,23,24,25)/b18-10+,19-12+/t20-/m0/s1. The third-order valence-corrected chi connectivity index (χ3v) is 5.10. The molecule has 0 saturated heterocycles. The average molecular weight is 404 g/mol. The molecular weight excluding hydrogens is 370 g/mol. The first kappa shape index (κ1) is 24.0. The molecule has 1 heterocycles. The smallest absolute Gasteiger partial charge is 0.327 e. The number of nitrogens with one attached hydrogen (secondary N) is 1. The van der Waals surface area contributed by atoms with Gasteiger partial charge in [0.05, 0.1) is 0 Å². The normalized spacial score (nSPS) is 13.1. The summed E-state index contributed by atoms with van der Waals surface area (Å²) in [5, 5.41) is 12.2. The topological polar surface area (TPSA) is 75.1 Å². The van der Waals surface area contributed by atoms with Crippen LogP contribution in [0, 0.1) is 0 Å². The maximum Gasteiger partial charge on any atom is 0.327 e. The Labute approximate surface area is 173 Å². The highest BCUT2D eigenvalue weighted by atomic mass is 32.2. The second-order valence-corrected chi connectivity index (χ2v) is 8.18. The average Bonchev–Trinajstić information content (AvgIpc) is 2.64. The van der Waals surface area contributed by atoms with Gasteiger partial charge in [-0.3, -0.25) is 0 Å². The van der Waals surface area contributed by atoms with Gasteiger partial charge in [0.15, 0.2) is 0 Å². The lowest BCUT2D eigenvalue weighted by atomic mass is 10.1. The SMILES string of the molecule is CC(C)=CCC/C(C)=C/CC/C(C)=C/CSC[C@H](Nc1ncccn1)C(=O)O. The van der Waals surface area contributed by atoms with Crippen LogP contribution in [0.2, 0.25) is 0 Å². The van der Waals surface area contributed by atoms with E-state index in [0.717, 1.165) is 31.4 Å². The van der Waals surface area contributed by atoms with E-state index in [9.17, 15) is 9.90 Å². The molecule has 0 aliphatic rings. The zero-order valence-corrected chi connectivity index (χ0v) is 18.3. The van der Waals surface area contributed by atoms with Gasteiger partial charge in [-0.15, -0.1) is 0 Å². The first-order valence-corrected chi connectivity index (χ1v) is 10.8. The van der Waals surface area contributed by atoms with E-state index in [0.29, 0.717) is 11.7 Å². The Hall–Kier alpha value is -2.08. The zero-order valence-electron chi connectivity index (χ0n) is 17.4. The first-order valence-electron chi connectivity index (χ1n) is 9.67. The third-order valence-electron chi connectivity index (χ3n) is 4.12. The highest BCUT2D eigenvalue weighted by Crippen LogP contribution is 2.13. The van der Waals surface area contributed by atoms with Crippen molar-refractivity contribution in [2.75, 3.05) is 16.8 Å². The second-order valence-electron chi connectivity index (χ2n) is 7.10. The van der Waals surface area contributed by atoms with Gasteiger partial charge < -0.3 is 10.4 Å². The van der Waals surface area contributed by atoms with E-state index in [4.69, 9.17) is 0 Å². The molecule has 1 aromatic heterocycles. The number of hydrogen-bond donors (Lipinski definition) is 2. The van der Waals surface area contributed by atoms with Crippen LogP contribution in [0.1, 0.15) is 53.4 Å². The van der Waals surface area contributed by atoms with Crippen LogP contribution in [-0.4, -0.2) is 38.6 Å². The molecule has 5 nitrogen and oxygen atoms in total. The molecule has 1 aromatic rings. The minimum Gasteiger partial charge on any atom is -0.480 e. The summed E-state index contributed by atoms with van der Waals surface area (Å²) in [4.78, 5) is 19.4. The van der Waals surface area contributed by atoms with Gasteiger partial charge in [-0.05, 0) is 59.4 Å². The second kappa shape index (κ2) is 14.0. The minimum absolute atomic E-state index is 0.342. The van der Waals surface area contributed by atoms with Crippen LogP contribution in [0.4, 0.5) is 5.95 Å². The summed E-state index contributed by atoms with van der Waals surface area (Å²) >= 11 is 1.59. The number of nitrogens with zero attached hydrogens (tertiary/aromatic N) is 2. The fourth-order valence-corrected chi connectivity index (χ4v) is 3.43. The molecule has 154 valence electrons. The highest BCUT2D eigenvalue weighted by molar-refractivity contribution is 7.99. The van der Waals surface area contributed by atoms with E-state index >= 15 is 0 Å². The molecule has 0 bridgehead atoms. The number of rotatable bonds is 13. The molecule has 6 heteroatoms. The van der Waals surface area contributed by atoms with Gasteiger partial charge in [0.25, 0.3) is 0 Å². The van der Waals surface area contributed by atoms with Gasteiger partial charge in [0.2, 0.25) is 5.95 Å². The number of thioether (sulfide) groups is 1. The number of anilines is 1. The highest BCUT2D eigenvalue weighted by Gasteiger charge is 2.17. The Kier molecular flexibility index (Phi) is 12.0. The maximum atomic E-state index is 11.4. The summed E-state index contributed by atoms with van der Waals surface area (Å²) < 4.78 is 0. The van der Waals surface area contributed by atoms with Crippen LogP contribution in [0.25, 0.3) is 0 Å². The lowest BCUT2D eigenvalue weighted by Crippen LogP contribution is -2.32. The molecule has 0 amide bonds. The monoisotopic (exact) mass is 403 g/mol. The fourth-order valence-electron chi connectivity index (χ4n) is 2.43. The molecule has 28 heavy (non-hydrogen) atoms. The minimum atomic E-state index is -0.894. The van der Waals surface area contributed by atoms with Crippen LogP contribution in [0.15, 0.2) is 53.4 Å². The van der Waals surface area contributed by atoms with E-state index in [2.05, 4.69) is 61.2 Å².